The number of aromatic nitrogens is 2. The Morgan fingerprint density at radius 3 is 2.83 bits per heavy atom. The van der Waals surface area contributed by atoms with Gasteiger partial charge in [0.25, 0.3) is 5.69 Å². The first-order chi connectivity index (χ1) is 11.1. The number of aliphatic hydroxyl groups is 1. The van der Waals surface area contributed by atoms with Crippen LogP contribution < -0.4 is 0 Å². The second kappa shape index (κ2) is 5.85. The molecule has 0 fully saturated rings. The predicted molar refractivity (Wildman–Crippen MR) is 83.4 cm³/mol. The minimum absolute atomic E-state index is 0.130. The molecule has 0 aliphatic rings. The van der Waals surface area contributed by atoms with Crippen molar-refractivity contribution in [3.63, 3.8) is 0 Å². The highest BCUT2D eigenvalue weighted by atomic mass is 16.6. The van der Waals surface area contributed by atoms with E-state index in [1.54, 1.807) is 12.1 Å². The van der Waals surface area contributed by atoms with Gasteiger partial charge in [0.2, 0.25) is 0 Å². The van der Waals surface area contributed by atoms with E-state index in [4.69, 9.17) is 0 Å². The van der Waals surface area contributed by atoms with Crippen molar-refractivity contribution in [1.29, 1.82) is 0 Å². The first-order valence-corrected chi connectivity index (χ1v) is 6.69. The molecule has 0 aliphatic heterocycles. The summed E-state index contributed by atoms with van der Waals surface area (Å²) in [5, 5.41) is 34.2. The average molecular weight is 312 g/mol. The van der Waals surface area contributed by atoms with Crippen LogP contribution in [0.1, 0.15) is 11.4 Å². The van der Waals surface area contributed by atoms with E-state index < -0.39 is 4.92 Å². The highest BCUT2D eigenvalue weighted by Crippen LogP contribution is 2.22. The number of fused-ring (bicyclic) bond motifs is 1. The zero-order valence-corrected chi connectivity index (χ0v) is 11.8. The van der Waals surface area contributed by atoms with Gasteiger partial charge in [-0.3, -0.25) is 10.1 Å². The lowest BCUT2D eigenvalue weighted by Gasteiger charge is -2.01. The van der Waals surface area contributed by atoms with Gasteiger partial charge in [0.15, 0.2) is 5.82 Å². The Morgan fingerprint density at radius 2 is 2.09 bits per heavy atom. The highest BCUT2D eigenvalue weighted by Gasteiger charge is 2.11. The molecule has 3 aromatic rings. The molecule has 23 heavy (non-hydrogen) atoms. The van der Waals surface area contributed by atoms with Gasteiger partial charge in [0.05, 0.1) is 22.2 Å². The Bertz CT molecular complexity index is 917. The summed E-state index contributed by atoms with van der Waals surface area (Å²) in [6.07, 6.45) is 1.29. The van der Waals surface area contributed by atoms with Gasteiger partial charge in [0, 0.05) is 17.7 Å². The summed E-state index contributed by atoms with van der Waals surface area (Å²) in [5.41, 5.74) is 1.39. The van der Waals surface area contributed by atoms with Crippen molar-refractivity contribution < 1.29 is 15.1 Å². The molecule has 8 nitrogen and oxygen atoms in total. The third kappa shape index (κ3) is 2.74. The molecule has 2 aromatic carbocycles. The molecule has 1 heterocycles. The predicted octanol–water partition coefficient (Wildman–Crippen LogP) is 2.02. The quantitative estimate of drug-likeness (QED) is 0.434. The van der Waals surface area contributed by atoms with Crippen LogP contribution in [-0.2, 0) is 6.61 Å². The first-order valence-electron chi connectivity index (χ1n) is 6.69. The molecule has 116 valence electrons. The number of hydrogen-bond donors (Lipinski definition) is 2. The third-order valence-corrected chi connectivity index (χ3v) is 3.28. The Morgan fingerprint density at radius 1 is 1.30 bits per heavy atom. The standard InChI is InChI=1S/C15H12N4O4/c20-9-15-17-12-3-1-2-4-13(12)18(15)16-8-10-7-11(19(22)23)5-6-14(10)21/h1-8,20-21H,9H2/b16-8-. The van der Waals surface area contributed by atoms with Crippen LogP contribution in [0.2, 0.25) is 0 Å². The van der Waals surface area contributed by atoms with Crippen molar-refractivity contribution in [2.75, 3.05) is 0 Å². The topological polar surface area (TPSA) is 114 Å². The molecule has 2 N–H and O–H groups in total. The summed E-state index contributed by atoms with van der Waals surface area (Å²) in [5.74, 6) is 0.196. The molecular weight excluding hydrogens is 300 g/mol. The zero-order chi connectivity index (χ0) is 16.4. The van der Waals surface area contributed by atoms with Crippen molar-refractivity contribution in [1.82, 2.24) is 9.66 Å². The summed E-state index contributed by atoms with van der Waals surface area (Å²) in [6.45, 7) is -0.313. The highest BCUT2D eigenvalue weighted by molar-refractivity contribution is 5.85. The van der Waals surface area contributed by atoms with Gasteiger partial charge >= 0.3 is 0 Å². The van der Waals surface area contributed by atoms with E-state index in [0.29, 0.717) is 16.9 Å². The van der Waals surface area contributed by atoms with Crippen molar-refractivity contribution in [2.45, 2.75) is 6.61 Å². The lowest BCUT2D eigenvalue weighted by molar-refractivity contribution is -0.384. The van der Waals surface area contributed by atoms with E-state index in [2.05, 4.69) is 10.1 Å². The molecule has 0 unspecified atom stereocenters. The van der Waals surface area contributed by atoms with Crippen molar-refractivity contribution in [3.05, 3.63) is 64.0 Å². The maximum atomic E-state index is 10.8. The zero-order valence-electron chi connectivity index (χ0n) is 11.8. The summed E-state index contributed by atoms with van der Waals surface area (Å²) >= 11 is 0. The number of benzene rings is 2. The molecule has 0 aliphatic carbocycles. The number of para-hydroxylation sites is 2. The van der Waals surface area contributed by atoms with Gasteiger partial charge in [-0.15, -0.1) is 0 Å². The van der Waals surface area contributed by atoms with Crippen LogP contribution in [-0.4, -0.2) is 31.0 Å². The SMILES string of the molecule is O=[N+]([O-])c1ccc(O)c(/C=N\n2c(CO)nc3ccccc32)c1. The molecule has 0 spiro atoms. The van der Waals surface area contributed by atoms with Crippen LogP contribution in [0.5, 0.6) is 5.75 Å². The van der Waals surface area contributed by atoms with Gasteiger partial charge in [-0.1, -0.05) is 12.1 Å². The molecule has 0 radical (unpaired) electrons. The number of nitrogens with zero attached hydrogens (tertiary/aromatic N) is 4. The second-order valence-electron chi connectivity index (χ2n) is 4.73. The van der Waals surface area contributed by atoms with Gasteiger partial charge < -0.3 is 10.2 Å². The van der Waals surface area contributed by atoms with Gasteiger partial charge in [-0.25, -0.2) is 9.66 Å². The van der Waals surface area contributed by atoms with Crippen LogP contribution >= 0.6 is 0 Å². The van der Waals surface area contributed by atoms with Crippen LogP contribution in [0, 0.1) is 10.1 Å². The number of hydrogen-bond acceptors (Lipinski definition) is 6. The Labute approximate surface area is 130 Å². The Balaban J connectivity index is 2.07. The summed E-state index contributed by atoms with van der Waals surface area (Å²) < 4.78 is 1.42. The number of nitro benzene ring substituents is 1. The molecule has 0 saturated heterocycles. The lowest BCUT2D eigenvalue weighted by atomic mass is 10.2. The first kappa shape index (κ1) is 14.7. The number of phenols is 1. The molecular formula is C15H12N4O4. The van der Waals surface area contributed by atoms with E-state index in [1.165, 1.54) is 29.1 Å². The summed E-state index contributed by atoms with van der Waals surface area (Å²) in [6, 6.07) is 10.9. The van der Waals surface area contributed by atoms with Crippen LogP contribution in [0.4, 0.5) is 5.69 Å². The number of non-ortho nitro benzene ring substituents is 1. The fraction of sp³-hybridized carbons (Fsp3) is 0.0667. The largest absolute Gasteiger partial charge is 0.507 e. The van der Waals surface area contributed by atoms with Gasteiger partial charge in [-0.2, -0.15) is 5.10 Å². The lowest BCUT2D eigenvalue weighted by Crippen LogP contribution is -1.99. The second-order valence-corrected chi connectivity index (χ2v) is 4.73. The van der Waals surface area contributed by atoms with Crippen molar-refractivity contribution >= 4 is 22.9 Å². The average Bonchev–Trinajstić information content (AvgIpc) is 2.91. The van der Waals surface area contributed by atoms with E-state index in [1.807, 2.05) is 12.1 Å². The Kier molecular flexibility index (Phi) is 3.73. The maximum Gasteiger partial charge on any atom is 0.270 e. The fourth-order valence-corrected chi connectivity index (χ4v) is 2.17. The molecule has 8 heteroatoms. The van der Waals surface area contributed by atoms with Gasteiger partial charge in [-0.05, 0) is 18.2 Å². The molecule has 0 atom stereocenters. The molecule has 1 aromatic heterocycles. The van der Waals surface area contributed by atoms with Crippen LogP contribution in [0.15, 0.2) is 47.6 Å². The van der Waals surface area contributed by atoms with Crippen molar-refractivity contribution in [3.8, 4) is 5.75 Å². The minimum atomic E-state index is -0.553. The molecule has 0 amide bonds. The molecule has 0 bridgehead atoms. The van der Waals surface area contributed by atoms with E-state index in [9.17, 15) is 20.3 Å². The van der Waals surface area contributed by atoms with Gasteiger partial charge in [0.1, 0.15) is 12.4 Å². The fourth-order valence-electron chi connectivity index (χ4n) is 2.17. The number of aromatic hydroxyl groups is 1. The number of nitro groups is 1. The van der Waals surface area contributed by atoms with E-state index in [-0.39, 0.29) is 23.6 Å². The summed E-state index contributed by atoms with van der Waals surface area (Å²) in [4.78, 5) is 14.5. The smallest absolute Gasteiger partial charge is 0.270 e. The Hall–Kier alpha value is -3.26. The van der Waals surface area contributed by atoms with Crippen LogP contribution in [0.25, 0.3) is 11.0 Å². The summed E-state index contributed by atoms with van der Waals surface area (Å²) in [7, 11) is 0. The number of imidazole rings is 1. The molecule has 3 rings (SSSR count). The van der Waals surface area contributed by atoms with E-state index in [0.717, 1.165) is 0 Å². The molecule has 0 saturated carbocycles. The third-order valence-electron chi connectivity index (χ3n) is 3.28. The normalized spacial score (nSPS) is 11.3. The van der Waals surface area contributed by atoms with Crippen LogP contribution in [0.3, 0.4) is 0 Å². The monoisotopic (exact) mass is 312 g/mol. The number of rotatable bonds is 4. The van der Waals surface area contributed by atoms with Crippen molar-refractivity contribution in [2.24, 2.45) is 5.10 Å². The van der Waals surface area contributed by atoms with E-state index >= 15 is 0 Å². The maximum absolute atomic E-state index is 10.8. The number of aliphatic hydroxyl groups excluding tert-OH is 1. The minimum Gasteiger partial charge on any atom is -0.507 e. The number of phenolic OH excluding ortho intramolecular Hbond substituents is 1.